The van der Waals surface area contributed by atoms with Crippen molar-refractivity contribution in [3.8, 4) is 11.5 Å². The van der Waals surface area contributed by atoms with Gasteiger partial charge in [-0.1, -0.05) is 19.3 Å². The lowest BCUT2D eigenvalue weighted by molar-refractivity contribution is -0.137. The van der Waals surface area contributed by atoms with E-state index in [0.29, 0.717) is 23.0 Å². The Morgan fingerprint density at radius 2 is 1.96 bits per heavy atom. The minimum Gasteiger partial charge on any atom is -0.454 e. The number of amides is 1. The quantitative estimate of drug-likeness (QED) is 0.776. The molecule has 6 heteroatoms. The van der Waals surface area contributed by atoms with Gasteiger partial charge in [0.15, 0.2) is 17.3 Å². The number of carbonyl (C=O) groups is 2. The van der Waals surface area contributed by atoms with Crippen LogP contribution in [-0.2, 0) is 4.79 Å². The number of nitrogens with zero attached hydrogens (tertiary/aromatic N) is 2. The molecular weight excluding hydrogens is 332 g/mol. The molecule has 0 radical (unpaired) electrons. The van der Waals surface area contributed by atoms with E-state index in [2.05, 4.69) is 5.10 Å². The molecule has 1 saturated carbocycles. The standard InChI is InChI=1S/C20H24N2O4/c1-13-20(2,15-6-4-3-5-7-15)19(24)22(21-13)11-16(23)14-8-9-17-18(10-14)26-12-25-17/h8-10,15H,3-7,11-12H2,1-2H3. The molecule has 1 fully saturated rings. The van der Waals surface area contributed by atoms with Gasteiger partial charge in [-0.2, -0.15) is 5.10 Å². The maximum Gasteiger partial charge on any atom is 0.255 e. The fourth-order valence-corrected chi connectivity index (χ4v) is 4.31. The first-order chi connectivity index (χ1) is 12.5. The van der Waals surface area contributed by atoms with Crippen LogP contribution in [0.3, 0.4) is 0 Å². The van der Waals surface area contributed by atoms with E-state index in [1.807, 2.05) is 13.8 Å². The molecule has 0 spiro atoms. The monoisotopic (exact) mass is 356 g/mol. The van der Waals surface area contributed by atoms with Crippen LogP contribution in [0.15, 0.2) is 23.3 Å². The Kier molecular flexibility index (Phi) is 4.21. The Labute approximate surface area is 153 Å². The number of hydrogen-bond donors (Lipinski definition) is 0. The summed E-state index contributed by atoms with van der Waals surface area (Å²) >= 11 is 0. The van der Waals surface area contributed by atoms with Crippen molar-refractivity contribution >= 4 is 17.4 Å². The van der Waals surface area contributed by atoms with Crippen molar-refractivity contribution in [1.29, 1.82) is 0 Å². The minimum atomic E-state index is -0.574. The number of hydrogen-bond acceptors (Lipinski definition) is 5. The fourth-order valence-electron chi connectivity index (χ4n) is 4.31. The van der Waals surface area contributed by atoms with Crippen molar-refractivity contribution in [1.82, 2.24) is 5.01 Å². The molecule has 6 nitrogen and oxygen atoms in total. The largest absolute Gasteiger partial charge is 0.454 e. The third kappa shape index (κ3) is 2.68. The van der Waals surface area contributed by atoms with Gasteiger partial charge >= 0.3 is 0 Å². The number of Topliss-reactive ketones (excluding diaryl/α,β-unsaturated/α-hetero) is 1. The summed E-state index contributed by atoms with van der Waals surface area (Å²) in [6, 6.07) is 5.09. The third-order valence-corrected chi connectivity index (χ3v) is 6.11. The van der Waals surface area contributed by atoms with E-state index in [1.165, 1.54) is 11.4 Å². The van der Waals surface area contributed by atoms with Crippen LogP contribution in [-0.4, -0.2) is 35.7 Å². The number of fused-ring (bicyclic) bond motifs is 1. The topological polar surface area (TPSA) is 68.2 Å². The second-order valence-electron chi connectivity index (χ2n) is 7.58. The zero-order chi connectivity index (χ0) is 18.3. The van der Waals surface area contributed by atoms with Crippen LogP contribution in [0.5, 0.6) is 11.5 Å². The van der Waals surface area contributed by atoms with Crippen LogP contribution < -0.4 is 9.47 Å². The molecule has 2 heterocycles. The average molecular weight is 356 g/mol. The van der Waals surface area contributed by atoms with Crippen molar-refractivity contribution in [3.05, 3.63) is 23.8 Å². The molecule has 4 rings (SSSR count). The molecule has 0 bridgehead atoms. The second kappa shape index (κ2) is 6.41. The van der Waals surface area contributed by atoms with Gasteiger partial charge in [-0.3, -0.25) is 9.59 Å². The highest BCUT2D eigenvalue weighted by atomic mass is 16.7. The fraction of sp³-hybridized carbons (Fsp3) is 0.550. The Bertz CT molecular complexity index is 782. The van der Waals surface area contributed by atoms with Gasteiger partial charge in [0.25, 0.3) is 5.91 Å². The number of rotatable bonds is 4. The molecule has 2 aliphatic heterocycles. The number of benzene rings is 1. The van der Waals surface area contributed by atoms with Gasteiger partial charge < -0.3 is 9.47 Å². The summed E-state index contributed by atoms with van der Waals surface area (Å²) in [5, 5.41) is 5.82. The predicted molar refractivity (Wildman–Crippen MR) is 96.4 cm³/mol. The Balaban J connectivity index is 1.50. The van der Waals surface area contributed by atoms with E-state index in [0.717, 1.165) is 31.4 Å². The smallest absolute Gasteiger partial charge is 0.255 e. The van der Waals surface area contributed by atoms with Crippen LogP contribution in [0.2, 0.25) is 0 Å². The Hall–Kier alpha value is -2.37. The van der Waals surface area contributed by atoms with Crippen LogP contribution in [0.4, 0.5) is 0 Å². The van der Waals surface area contributed by atoms with Gasteiger partial charge in [-0.05, 0) is 50.8 Å². The molecule has 1 unspecified atom stereocenters. The lowest BCUT2D eigenvalue weighted by Crippen LogP contribution is -2.44. The van der Waals surface area contributed by atoms with Gasteiger partial charge in [-0.25, -0.2) is 5.01 Å². The summed E-state index contributed by atoms with van der Waals surface area (Å²) in [7, 11) is 0. The van der Waals surface area contributed by atoms with Crippen molar-refractivity contribution in [2.75, 3.05) is 13.3 Å². The average Bonchev–Trinajstić information content (AvgIpc) is 3.21. The van der Waals surface area contributed by atoms with Crippen LogP contribution in [0, 0.1) is 11.3 Å². The van der Waals surface area contributed by atoms with E-state index in [1.54, 1.807) is 18.2 Å². The summed E-state index contributed by atoms with van der Waals surface area (Å²) < 4.78 is 10.6. The summed E-state index contributed by atoms with van der Waals surface area (Å²) in [6.45, 7) is 4.03. The molecule has 1 amide bonds. The highest BCUT2D eigenvalue weighted by molar-refractivity contribution is 6.12. The first-order valence-electron chi connectivity index (χ1n) is 9.30. The van der Waals surface area contributed by atoms with Gasteiger partial charge in [0.05, 0.1) is 11.1 Å². The van der Waals surface area contributed by atoms with Gasteiger partial charge in [0.1, 0.15) is 6.54 Å². The molecule has 1 aromatic carbocycles. The molecule has 1 aromatic rings. The normalized spacial score (nSPS) is 25.5. The van der Waals surface area contributed by atoms with Crippen molar-refractivity contribution in [3.63, 3.8) is 0 Å². The van der Waals surface area contributed by atoms with Crippen LogP contribution >= 0.6 is 0 Å². The molecule has 1 aliphatic carbocycles. The van der Waals surface area contributed by atoms with Crippen molar-refractivity contribution in [2.45, 2.75) is 46.0 Å². The molecule has 0 N–H and O–H groups in total. The number of ether oxygens (including phenoxy) is 2. The second-order valence-corrected chi connectivity index (χ2v) is 7.58. The van der Waals surface area contributed by atoms with Crippen LogP contribution in [0.1, 0.15) is 56.3 Å². The number of ketones is 1. The van der Waals surface area contributed by atoms with Gasteiger partial charge in [0, 0.05) is 5.56 Å². The molecule has 26 heavy (non-hydrogen) atoms. The first kappa shape index (κ1) is 17.1. The Morgan fingerprint density at radius 3 is 2.73 bits per heavy atom. The van der Waals surface area contributed by atoms with E-state index < -0.39 is 5.41 Å². The molecule has 3 aliphatic rings. The molecular formula is C20H24N2O4. The van der Waals surface area contributed by atoms with Crippen molar-refractivity contribution in [2.24, 2.45) is 16.4 Å². The zero-order valence-electron chi connectivity index (χ0n) is 15.3. The lowest BCUT2D eigenvalue weighted by Gasteiger charge is -2.35. The summed E-state index contributed by atoms with van der Waals surface area (Å²) in [6.07, 6.45) is 5.68. The zero-order valence-corrected chi connectivity index (χ0v) is 15.3. The van der Waals surface area contributed by atoms with Gasteiger partial charge in [0.2, 0.25) is 6.79 Å². The molecule has 138 valence electrons. The molecule has 1 atom stereocenters. The van der Waals surface area contributed by atoms with E-state index in [-0.39, 0.29) is 25.0 Å². The van der Waals surface area contributed by atoms with Crippen molar-refractivity contribution < 1.29 is 19.1 Å². The highest BCUT2D eigenvalue weighted by Gasteiger charge is 2.50. The maximum absolute atomic E-state index is 13.1. The maximum atomic E-state index is 13.1. The minimum absolute atomic E-state index is 0.0435. The Morgan fingerprint density at radius 1 is 1.23 bits per heavy atom. The molecule has 0 saturated heterocycles. The van der Waals surface area contributed by atoms with Gasteiger partial charge in [-0.15, -0.1) is 0 Å². The predicted octanol–water partition coefficient (Wildman–Crippen LogP) is 3.40. The number of hydrazone groups is 1. The highest BCUT2D eigenvalue weighted by Crippen LogP contribution is 2.44. The molecule has 0 aromatic heterocycles. The summed E-state index contributed by atoms with van der Waals surface area (Å²) in [5.41, 5.74) is 0.754. The van der Waals surface area contributed by atoms with E-state index in [4.69, 9.17) is 9.47 Å². The first-order valence-corrected chi connectivity index (χ1v) is 9.30. The summed E-state index contributed by atoms with van der Waals surface area (Å²) in [4.78, 5) is 25.8. The lowest BCUT2D eigenvalue weighted by atomic mass is 9.67. The number of carbonyl (C=O) groups excluding carboxylic acids is 2. The SMILES string of the molecule is CC1=NN(CC(=O)c2ccc3c(c2)OCO3)C(=O)C1(C)C1CCCCC1. The third-order valence-electron chi connectivity index (χ3n) is 6.11. The van der Waals surface area contributed by atoms with Crippen LogP contribution in [0.25, 0.3) is 0 Å². The van der Waals surface area contributed by atoms with E-state index in [9.17, 15) is 9.59 Å². The van der Waals surface area contributed by atoms with E-state index >= 15 is 0 Å². The summed E-state index contributed by atoms with van der Waals surface area (Å²) in [5.74, 6) is 1.32.